The molecule has 0 radical (unpaired) electrons. The average Bonchev–Trinajstić information content (AvgIpc) is 2.59. The van der Waals surface area contributed by atoms with Crippen molar-refractivity contribution in [1.29, 1.82) is 0 Å². The average molecular weight is 436 g/mol. The number of benzene rings is 2. The van der Waals surface area contributed by atoms with Gasteiger partial charge in [-0.25, -0.2) is 0 Å². The summed E-state index contributed by atoms with van der Waals surface area (Å²) in [5, 5.41) is 10.5. The number of carbonyl (C=O) groups is 1. The first-order chi connectivity index (χ1) is 13.1. The number of hydrogen-bond acceptors (Lipinski definition) is 5. The topological polar surface area (TPSA) is 78.7 Å². The number of ether oxygens (including phenoxy) is 2. The van der Waals surface area contributed by atoms with Crippen LogP contribution < -0.4 is 9.47 Å². The van der Waals surface area contributed by atoms with E-state index in [0.717, 1.165) is 18.2 Å². The lowest BCUT2D eigenvalue weighted by atomic mass is 10.2. The molecule has 2 rings (SSSR count). The van der Waals surface area contributed by atoms with E-state index in [1.54, 1.807) is 0 Å². The summed E-state index contributed by atoms with van der Waals surface area (Å²) in [6.07, 6.45) is -4.12. The minimum atomic E-state index is -4.55. The fourth-order valence-corrected chi connectivity index (χ4v) is 2.49. The van der Waals surface area contributed by atoms with Gasteiger partial charge in [0.25, 0.3) is 0 Å². The van der Waals surface area contributed by atoms with Crippen LogP contribution in [-0.2, 0) is 11.0 Å². The van der Waals surface area contributed by atoms with E-state index in [4.69, 9.17) is 21.1 Å². The highest BCUT2D eigenvalue weighted by molar-refractivity contribution is 7.96. The molecule has 6 nitrogen and oxygen atoms in total. The molecule has 0 unspecified atom stereocenters. The van der Waals surface area contributed by atoms with Gasteiger partial charge in [-0.1, -0.05) is 11.6 Å². The zero-order valence-corrected chi connectivity index (χ0v) is 15.7. The molecule has 2 aromatic carbocycles. The maximum Gasteiger partial charge on any atom is 0.416 e. The fourth-order valence-electron chi connectivity index (χ4n) is 2.12. The predicted molar refractivity (Wildman–Crippen MR) is 98.3 cm³/mol. The Bertz CT molecular complexity index is 892. The van der Waals surface area contributed by atoms with Gasteiger partial charge in [0, 0.05) is 18.6 Å². The SMILES string of the molecule is O=C(S)CCCOc1cc(Oc2ccc(C(F)(F)F)cc2Cl)ccc1[N+](=O)[O-]. The second-order valence-corrected chi connectivity index (χ2v) is 6.38. The van der Waals surface area contributed by atoms with Crippen LogP contribution in [-0.4, -0.2) is 16.6 Å². The lowest BCUT2D eigenvalue weighted by molar-refractivity contribution is -0.385. The molecular formula is C17H13ClF3NO5S. The Morgan fingerprint density at radius 1 is 1.18 bits per heavy atom. The van der Waals surface area contributed by atoms with E-state index in [1.165, 1.54) is 12.1 Å². The van der Waals surface area contributed by atoms with Gasteiger partial charge in [-0.05, 0) is 30.7 Å². The molecule has 0 aliphatic rings. The molecule has 0 saturated carbocycles. The van der Waals surface area contributed by atoms with Crippen molar-refractivity contribution in [2.75, 3.05) is 6.61 Å². The van der Waals surface area contributed by atoms with Gasteiger partial charge in [-0.3, -0.25) is 14.9 Å². The van der Waals surface area contributed by atoms with Gasteiger partial charge in [0.2, 0.25) is 5.75 Å². The van der Waals surface area contributed by atoms with Gasteiger partial charge in [0.1, 0.15) is 11.5 Å². The second-order valence-electron chi connectivity index (χ2n) is 5.48. The van der Waals surface area contributed by atoms with Gasteiger partial charge >= 0.3 is 11.9 Å². The first-order valence-electron chi connectivity index (χ1n) is 7.75. The predicted octanol–water partition coefficient (Wildman–Crippen LogP) is 5.67. The van der Waals surface area contributed by atoms with Crippen LogP contribution in [0.25, 0.3) is 0 Å². The Morgan fingerprint density at radius 3 is 2.46 bits per heavy atom. The number of hydrogen-bond donors (Lipinski definition) is 1. The highest BCUT2D eigenvalue weighted by Gasteiger charge is 2.31. The van der Waals surface area contributed by atoms with Crippen LogP contribution in [0, 0.1) is 10.1 Å². The summed E-state index contributed by atoms with van der Waals surface area (Å²) in [5.41, 5.74) is -1.26. The number of nitrogens with zero attached hydrogens (tertiary/aromatic N) is 1. The Hall–Kier alpha value is -2.46. The summed E-state index contributed by atoms with van der Waals surface area (Å²) in [6.45, 7) is 0.0254. The molecule has 150 valence electrons. The molecule has 0 aliphatic carbocycles. The molecule has 0 N–H and O–H groups in total. The summed E-state index contributed by atoms with van der Waals surface area (Å²) in [5.74, 6) is -0.0974. The summed E-state index contributed by atoms with van der Waals surface area (Å²) in [4.78, 5) is 21.3. The standard InChI is InChI=1S/C17H13ClF3NO5S/c18-12-8-10(17(19,20)21)3-6-14(12)27-11-4-5-13(22(24)25)15(9-11)26-7-1-2-16(23)28/h3-6,8-9H,1-2,7H2,(H,23,28). The number of halogens is 4. The lowest BCUT2D eigenvalue weighted by Crippen LogP contribution is -2.04. The molecule has 28 heavy (non-hydrogen) atoms. The van der Waals surface area contributed by atoms with Crippen molar-refractivity contribution in [3.05, 3.63) is 57.1 Å². The Morgan fingerprint density at radius 2 is 1.89 bits per heavy atom. The van der Waals surface area contributed by atoms with Crippen molar-refractivity contribution in [3.63, 3.8) is 0 Å². The van der Waals surface area contributed by atoms with Crippen molar-refractivity contribution in [1.82, 2.24) is 0 Å². The smallest absolute Gasteiger partial charge is 0.416 e. The third kappa shape index (κ3) is 6.03. The highest BCUT2D eigenvalue weighted by atomic mass is 35.5. The summed E-state index contributed by atoms with van der Waals surface area (Å²) in [6, 6.07) is 6.18. The third-order valence-electron chi connectivity index (χ3n) is 3.41. The van der Waals surface area contributed by atoms with E-state index in [0.29, 0.717) is 12.5 Å². The molecule has 0 fully saturated rings. The number of nitro groups is 1. The quantitative estimate of drug-likeness (QED) is 0.250. The number of nitro benzene ring substituents is 1. The molecule has 11 heteroatoms. The van der Waals surface area contributed by atoms with Crippen LogP contribution in [0.15, 0.2) is 36.4 Å². The molecule has 0 saturated heterocycles. The van der Waals surface area contributed by atoms with Gasteiger partial charge in [0.05, 0.1) is 22.1 Å². The zero-order chi connectivity index (χ0) is 20.9. The highest BCUT2D eigenvalue weighted by Crippen LogP contribution is 2.38. The summed E-state index contributed by atoms with van der Waals surface area (Å²) < 4.78 is 48.8. The molecule has 0 aromatic heterocycles. The molecule has 2 aromatic rings. The van der Waals surface area contributed by atoms with Crippen LogP contribution in [0.2, 0.25) is 5.02 Å². The van der Waals surface area contributed by atoms with E-state index in [2.05, 4.69) is 12.6 Å². The summed E-state index contributed by atoms with van der Waals surface area (Å²) >= 11 is 9.45. The fraction of sp³-hybridized carbons (Fsp3) is 0.235. The van der Waals surface area contributed by atoms with E-state index in [1.807, 2.05) is 0 Å². The maximum absolute atomic E-state index is 12.7. The van der Waals surface area contributed by atoms with Crippen LogP contribution in [0.1, 0.15) is 18.4 Å². The number of alkyl halides is 3. The minimum absolute atomic E-state index is 0.0254. The van der Waals surface area contributed by atoms with Crippen LogP contribution in [0.3, 0.4) is 0 Å². The Labute approximate surface area is 167 Å². The lowest BCUT2D eigenvalue weighted by Gasteiger charge is -2.12. The van der Waals surface area contributed by atoms with Crippen LogP contribution in [0.4, 0.5) is 18.9 Å². The van der Waals surface area contributed by atoms with E-state index >= 15 is 0 Å². The van der Waals surface area contributed by atoms with Crippen LogP contribution in [0.5, 0.6) is 17.2 Å². The number of carbonyl (C=O) groups excluding carboxylic acids is 1. The maximum atomic E-state index is 12.7. The second kappa shape index (κ2) is 9.16. The molecule has 0 spiro atoms. The Balaban J connectivity index is 2.20. The van der Waals surface area contributed by atoms with Gasteiger partial charge in [-0.2, -0.15) is 13.2 Å². The van der Waals surface area contributed by atoms with Gasteiger partial charge in [0.15, 0.2) is 5.12 Å². The monoisotopic (exact) mass is 435 g/mol. The van der Waals surface area contributed by atoms with E-state index in [-0.39, 0.29) is 46.1 Å². The van der Waals surface area contributed by atoms with Crippen molar-refractivity contribution >= 4 is 35.0 Å². The molecule has 0 bridgehead atoms. The molecule has 0 amide bonds. The zero-order valence-electron chi connectivity index (χ0n) is 14.0. The molecular weight excluding hydrogens is 423 g/mol. The molecule has 0 aliphatic heterocycles. The normalized spacial score (nSPS) is 11.2. The van der Waals surface area contributed by atoms with E-state index in [9.17, 15) is 28.1 Å². The van der Waals surface area contributed by atoms with E-state index < -0.39 is 16.7 Å². The molecule has 0 atom stereocenters. The number of thiol groups is 1. The first-order valence-corrected chi connectivity index (χ1v) is 8.58. The van der Waals surface area contributed by atoms with Crippen molar-refractivity contribution in [3.8, 4) is 17.2 Å². The van der Waals surface area contributed by atoms with Crippen molar-refractivity contribution in [2.45, 2.75) is 19.0 Å². The van der Waals surface area contributed by atoms with Gasteiger partial charge in [-0.15, -0.1) is 12.6 Å². The largest absolute Gasteiger partial charge is 0.487 e. The number of rotatable bonds is 8. The van der Waals surface area contributed by atoms with Gasteiger partial charge < -0.3 is 9.47 Å². The third-order valence-corrected chi connectivity index (χ3v) is 3.93. The summed E-state index contributed by atoms with van der Waals surface area (Å²) in [7, 11) is 0. The first kappa shape index (κ1) is 21.8. The van der Waals surface area contributed by atoms with Crippen molar-refractivity contribution < 1.29 is 32.4 Å². The minimum Gasteiger partial charge on any atom is -0.487 e. The molecule has 0 heterocycles. The van der Waals surface area contributed by atoms with Crippen LogP contribution >= 0.6 is 24.2 Å². The Kier molecular flexibility index (Phi) is 7.14. The van der Waals surface area contributed by atoms with Crippen molar-refractivity contribution in [2.24, 2.45) is 0 Å².